The number of aryl methyl sites for hydroxylation is 2. The number of aromatic nitrogens is 2. The Balaban J connectivity index is 1.74. The summed E-state index contributed by atoms with van der Waals surface area (Å²) in [6.07, 6.45) is 6.33. The van der Waals surface area contributed by atoms with Crippen molar-refractivity contribution < 1.29 is 0 Å². The Morgan fingerprint density at radius 3 is 2.00 bits per heavy atom. The molecule has 4 nitrogen and oxygen atoms in total. The summed E-state index contributed by atoms with van der Waals surface area (Å²) in [7, 11) is 0. The van der Waals surface area contributed by atoms with Crippen LogP contribution < -0.4 is 5.32 Å². The lowest BCUT2D eigenvalue weighted by molar-refractivity contribution is 0.187. The molecule has 1 saturated heterocycles. The molecule has 1 N–H and O–H groups in total. The average molecular weight is 324 g/mol. The van der Waals surface area contributed by atoms with Gasteiger partial charge in [-0.15, -0.1) is 0 Å². The molecule has 4 heteroatoms. The van der Waals surface area contributed by atoms with Crippen molar-refractivity contribution in [2.45, 2.75) is 39.8 Å². The molecule has 0 amide bonds. The zero-order valence-corrected chi connectivity index (χ0v) is 14.8. The molecular weight excluding hydrogens is 296 g/mol. The van der Waals surface area contributed by atoms with E-state index in [2.05, 4.69) is 46.2 Å². The summed E-state index contributed by atoms with van der Waals surface area (Å²) < 4.78 is 0. The molecule has 2 aromatic rings. The van der Waals surface area contributed by atoms with Gasteiger partial charge in [0, 0.05) is 32.0 Å². The minimum absolute atomic E-state index is 0.763. The van der Waals surface area contributed by atoms with E-state index >= 15 is 0 Å². The van der Waals surface area contributed by atoms with Crippen LogP contribution in [0.3, 0.4) is 0 Å². The third kappa shape index (κ3) is 4.62. The van der Waals surface area contributed by atoms with Crippen LogP contribution in [0.4, 0.5) is 0 Å². The third-order valence-electron chi connectivity index (χ3n) is 4.96. The standard InChI is InChI=1S/C20H28N4/c1-16-5-3-9-22-19(16)14-24(13-18-7-11-21-12-8-18)15-20-17(2)6-4-10-23-20/h3-6,9-10,18,21H,7-8,11-15H2,1-2H3. The first kappa shape index (κ1) is 17.1. The quantitative estimate of drug-likeness (QED) is 0.886. The summed E-state index contributed by atoms with van der Waals surface area (Å²) in [5, 5.41) is 3.46. The van der Waals surface area contributed by atoms with E-state index in [1.54, 1.807) is 0 Å². The van der Waals surface area contributed by atoms with Gasteiger partial charge in [-0.1, -0.05) is 12.1 Å². The van der Waals surface area contributed by atoms with E-state index in [0.717, 1.165) is 38.6 Å². The van der Waals surface area contributed by atoms with E-state index in [1.807, 2.05) is 24.5 Å². The average Bonchev–Trinajstić information content (AvgIpc) is 2.60. The molecule has 0 aromatic carbocycles. The number of pyridine rings is 2. The van der Waals surface area contributed by atoms with E-state index in [1.165, 1.54) is 35.4 Å². The minimum Gasteiger partial charge on any atom is -0.317 e. The molecular formula is C20H28N4. The fourth-order valence-electron chi connectivity index (χ4n) is 3.41. The number of nitrogens with one attached hydrogen (secondary N) is 1. The molecule has 3 heterocycles. The normalized spacial score (nSPS) is 15.8. The first-order valence-corrected chi connectivity index (χ1v) is 8.96. The molecule has 0 atom stereocenters. The van der Waals surface area contributed by atoms with Crippen LogP contribution >= 0.6 is 0 Å². The van der Waals surface area contributed by atoms with Crippen LogP contribution in [0.25, 0.3) is 0 Å². The molecule has 2 aromatic heterocycles. The monoisotopic (exact) mass is 324 g/mol. The second-order valence-electron chi connectivity index (χ2n) is 6.90. The fourth-order valence-corrected chi connectivity index (χ4v) is 3.41. The Hall–Kier alpha value is -1.78. The van der Waals surface area contributed by atoms with Crippen molar-refractivity contribution in [2.75, 3.05) is 19.6 Å². The van der Waals surface area contributed by atoms with E-state index in [4.69, 9.17) is 0 Å². The van der Waals surface area contributed by atoms with E-state index in [0.29, 0.717) is 0 Å². The molecule has 1 aliphatic rings. The Morgan fingerprint density at radius 1 is 0.958 bits per heavy atom. The van der Waals surface area contributed by atoms with Gasteiger partial charge in [-0.3, -0.25) is 14.9 Å². The molecule has 0 bridgehead atoms. The molecule has 0 radical (unpaired) electrons. The highest BCUT2D eigenvalue weighted by atomic mass is 15.1. The highest BCUT2D eigenvalue weighted by molar-refractivity contribution is 5.19. The lowest BCUT2D eigenvalue weighted by atomic mass is 9.97. The van der Waals surface area contributed by atoms with Gasteiger partial charge in [-0.2, -0.15) is 0 Å². The first-order chi connectivity index (χ1) is 11.7. The van der Waals surface area contributed by atoms with Gasteiger partial charge in [-0.05, 0) is 69.0 Å². The van der Waals surface area contributed by atoms with E-state index in [-0.39, 0.29) is 0 Å². The summed E-state index contributed by atoms with van der Waals surface area (Å²) in [6, 6.07) is 8.33. The smallest absolute Gasteiger partial charge is 0.0573 e. The van der Waals surface area contributed by atoms with Crippen molar-refractivity contribution in [1.82, 2.24) is 20.2 Å². The predicted octanol–water partition coefficient (Wildman–Crippen LogP) is 3.10. The Labute approximate surface area is 145 Å². The van der Waals surface area contributed by atoms with Crippen molar-refractivity contribution in [1.29, 1.82) is 0 Å². The first-order valence-electron chi connectivity index (χ1n) is 8.96. The molecule has 0 unspecified atom stereocenters. The Kier molecular flexibility index (Phi) is 5.94. The molecule has 1 fully saturated rings. The van der Waals surface area contributed by atoms with Gasteiger partial charge in [0.1, 0.15) is 0 Å². The molecule has 128 valence electrons. The Bertz CT molecular complexity index is 602. The largest absolute Gasteiger partial charge is 0.317 e. The topological polar surface area (TPSA) is 41.1 Å². The number of piperidine rings is 1. The van der Waals surface area contributed by atoms with Gasteiger partial charge in [-0.25, -0.2) is 0 Å². The lowest BCUT2D eigenvalue weighted by Gasteiger charge is -2.30. The zero-order chi connectivity index (χ0) is 16.8. The summed E-state index contributed by atoms with van der Waals surface area (Å²) in [4.78, 5) is 11.7. The summed E-state index contributed by atoms with van der Waals surface area (Å²) in [5.74, 6) is 0.763. The second kappa shape index (κ2) is 8.36. The number of hydrogen-bond acceptors (Lipinski definition) is 4. The van der Waals surface area contributed by atoms with Crippen molar-refractivity contribution in [3.05, 3.63) is 59.2 Å². The predicted molar refractivity (Wildman–Crippen MR) is 97.7 cm³/mol. The SMILES string of the molecule is Cc1cccnc1CN(Cc1ncccc1C)CC1CCNCC1. The summed E-state index contributed by atoms with van der Waals surface area (Å²) >= 11 is 0. The van der Waals surface area contributed by atoms with Crippen molar-refractivity contribution in [3.63, 3.8) is 0 Å². The second-order valence-corrected chi connectivity index (χ2v) is 6.90. The lowest BCUT2D eigenvalue weighted by Crippen LogP contribution is -2.36. The van der Waals surface area contributed by atoms with Gasteiger partial charge in [0.15, 0.2) is 0 Å². The molecule has 0 saturated carbocycles. The maximum Gasteiger partial charge on any atom is 0.0573 e. The number of rotatable bonds is 6. The maximum absolute atomic E-state index is 4.60. The van der Waals surface area contributed by atoms with Gasteiger partial charge >= 0.3 is 0 Å². The van der Waals surface area contributed by atoms with Crippen LogP contribution in [0.1, 0.15) is 35.4 Å². The molecule has 1 aliphatic heterocycles. The van der Waals surface area contributed by atoms with Gasteiger partial charge < -0.3 is 5.32 Å². The van der Waals surface area contributed by atoms with Crippen LogP contribution in [-0.2, 0) is 13.1 Å². The fraction of sp³-hybridized carbons (Fsp3) is 0.500. The van der Waals surface area contributed by atoms with Crippen molar-refractivity contribution in [3.8, 4) is 0 Å². The highest BCUT2D eigenvalue weighted by Crippen LogP contribution is 2.18. The zero-order valence-electron chi connectivity index (χ0n) is 14.8. The molecule has 0 spiro atoms. The molecule has 24 heavy (non-hydrogen) atoms. The number of hydrogen-bond donors (Lipinski definition) is 1. The van der Waals surface area contributed by atoms with Crippen LogP contribution in [0.2, 0.25) is 0 Å². The molecule has 0 aliphatic carbocycles. The van der Waals surface area contributed by atoms with Crippen molar-refractivity contribution >= 4 is 0 Å². The highest BCUT2D eigenvalue weighted by Gasteiger charge is 2.19. The van der Waals surface area contributed by atoms with E-state index < -0.39 is 0 Å². The summed E-state index contributed by atoms with van der Waals surface area (Å²) in [6.45, 7) is 9.49. The van der Waals surface area contributed by atoms with Crippen LogP contribution in [0, 0.1) is 19.8 Å². The third-order valence-corrected chi connectivity index (χ3v) is 4.96. The van der Waals surface area contributed by atoms with Crippen LogP contribution in [0.5, 0.6) is 0 Å². The summed E-state index contributed by atoms with van der Waals surface area (Å²) in [5.41, 5.74) is 4.90. The maximum atomic E-state index is 4.60. The van der Waals surface area contributed by atoms with Gasteiger partial charge in [0.05, 0.1) is 11.4 Å². The van der Waals surface area contributed by atoms with Crippen molar-refractivity contribution in [2.24, 2.45) is 5.92 Å². The molecule has 3 rings (SSSR count). The number of nitrogens with zero attached hydrogens (tertiary/aromatic N) is 3. The Morgan fingerprint density at radius 2 is 1.50 bits per heavy atom. The van der Waals surface area contributed by atoms with Crippen LogP contribution in [-0.4, -0.2) is 34.5 Å². The van der Waals surface area contributed by atoms with Gasteiger partial charge in [0.2, 0.25) is 0 Å². The van der Waals surface area contributed by atoms with Gasteiger partial charge in [0.25, 0.3) is 0 Å². The minimum atomic E-state index is 0.763. The van der Waals surface area contributed by atoms with E-state index in [9.17, 15) is 0 Å². The van der Waals surface area contributed by atoms with Crippen LogP contribution in [0.15, 0.2) is 36.7 Å².